The van der Waals surface area contributed by atoms with Gasteiger partial charge in [0.25, 0.3) is 0 Å². The Bertz CT molecular complexity index is 128. The molecule has 0 bridgehead atoms. The molecule has 4 atom stereocenters. The van der Waals surface area contributed by atoms with Gasteiger partial charge >= 0.3 is 0 Å². The molecule has 0 heterocycles. The van der Waals surface area contributed by atoms with Crippen molar-refractivity contribution in [2.24, 2.45) is 5.73 Å². The van der Waals surface area contributed by atoms with E-state index in [1.807, 2.05) is 0 Å². The number of hydrogen-bond acceptors (Lipinski definition) is 5. The Balaban J connectivity index is 4.00. The number of aliphatic hydroxyl groups excluding tert-OH is 3. The van der Waals surface area contributed by atoms with E-state index in [0.717, 1.165) is 0 Å². The fourth-order valence-electron chi connectivity index (χ4n) is 0.594. The molecule has 0 fully saturated rings. The van der Waals surface area contributed by atoms with Crippen LogP contribution >= 0.6 is 0 Å². The van der Waals surface area contributed by atoms with Gasteiger partial charge < -0.3 is 25.8 Å². The van der Waals surface area contributed by atoms with Crippen molar-refractivity contribution in [2.45, 2.75) is 31.3 Å². The molecule has 0 saturated heterocycles. The summed E-state index contributed by atoms with van der Waals surface area (Å²) in [4.78, 5) is 9.93. The second-order valence-electron chi connectivity index (χ2n) is 2.44. The minimum Gasteiger partial charge on any atom is -0.392 e. The molecule has 0 aromatic carbocycles. The lowest BCUT2D eigenvalue weighted by molar-refractivity contribution is -0.122. The molecule has 66 valence electrons. The average molecular weight is 163 g/mol. The fraction of sp³-hybridized carbons (Fsp3) is 0.833. The highest BCUT2D eigenvalue weighted by atomic mass is 16.3. The first-order chi connectivity index (χ1) is 5.00. The van der Waals surface area contributed by atoms with Gasteiger partial charge in [-0.25, -0.2) is 0 Å². The summed E-state index contributed by atoms with van der Waals surface area (Å²) < 4.78 is 0. The first-order valence-electron chi connectivity index (χ1n) is 3.25. The zero-order chi connectivity index (χ0) is 9.02. The number of hydrogen-bond donors (Lipinski definition) is 4. The summed E-state index contributed by atoms with van der Waals surface area (Å²) in [6.07, 6.45) is -3.72. The maximum absolute atomic E-state index is 9.93. The minimum atomic E-state index is -1.53. The topological polar surface area (TPSA) is 104 Å². The highest BCUT2D eigenvalue weighted by Gasteiger charge is 2.25. The Morgan fingerprint density at radius 1 is 1.36 bits per heavy atom. The molecule has 0 aromatic rings. The molecule has 0 amide bonds. The van der Waals surface area contributed by atoms with Crippen molar-refractivity contribution in [1.82, 2.24) is 0 Å². The minimum absolute atomic E-state index is 0.174. The summed E-state index contributed by atoms with van der Waals surface area (Å²) in [7, 11) is 0. The zero-order valence-electron chi connectivity index (χ0n) is 6.21. The Labute approximate surface area is 64.4 Å². The Kier molecular flexibility index (Phi) is 4.20. The summed E-state index contributed by atoms with van der Waals surface area (Å²) in [6, 6.07) is -1.00. The molecule has 5 heteroatoms. The van der Waals surface area contributed by atoms with E-state index < -0.39 is 24.4 Å². The van der Waals surface area contributed by atoms with Crippen molar-refractivity contribution in [3.8, 4) is 0 Å². The van der Waals surface area contributed by atoms with Gasteiger partial charge in [-0.3, -0.25) is 0 Å². The molecule has 0 spiro atoms. The SMILES string of the molecule is C[C@H](O)[C@@H](N)[C@@H](O)[C@@H](O)C=O. The zero-order valence-corrected chi connectivity index (χ0v) is 6.21. The largest absolute Gasteiger partial charge is 0.392 e. The number of carbonyl (C=O) groups is 1. The van der Waals surface area contributed by atoms with Crippen molar-refractivity contribution in [2.75, 3.05) is 0 Å². The Morgan fingerprint density at radius 3 is 2.09 bits per heavy atom. The second-order valence-corrected chi connectivity index (χ2v) is 2.44. The lowest BCUT2D eigenvalue weighted by Gasteiger charge is -2.22. The predicted octanol–water partition coefficient (Wildman–Crippen LogP) is -2.38. The van der Waals surface area contributed by atoms with Crippen molar-refractivity contribution >= 4 is 6.29 Å². The number of aldehydes is 1. The number of carbonyl (C=O) groups excluding carboxylic acids is 1. The molecule has 11 heavy (non-hydrogen) atoms. The smallest absolute Gasteiger partial charge is 0.151 e. The molecule has 0 rings (SSSR count). The molecule has 0 aromatic heterocycles. The molecule has 0 aliphatic rings. The van der Waals surface area contributed by atoms with Gasteiger partial charge in [0.05, 0.1) is 12.1 Å². The van der Waals surface area contributed by atoms with Crippen molar-refractivity contribution in [1.29, 1.82) is 0 Å². The van der Waals surface area contributed by atoms with Crippen LogP contribution in [0.2, 0.25) is 0 Å². The molecule has 5 N–H and O–H groups in total. The van der Waals surface area contributed by atoms with E-state index in [2.05, 4.69) is 0 Å². The van der Waals surface area contributed by atoms with E-state index in [1.165, 1.54) is 6.92 Å². The summed E-state index contributed by atoms with van der Waals surface area (Å²) in [6.45, 7) is 1.37. The standard InChI is InChI=1S/C6H13NO4/c1-3(9)5(7)6(11)4(10)2-8/h2-6,9-11H,7H2,1H3/t3-,4-,5+,6-/m0/s1. The van der Waals surface area contributed by atoms with Crippen LogP contribution in [-0.2, 0) is 4.79 Å². The molecule has 0 radical (unpaired) electrons. The van der Waals surface area contributed by atoms with Gasteiger partial charge in [-0.15, -0.1) is 0 Å². The Hall–Kier alpha value is -0.490. The van der Waals surface area contributed by atoms with Crippen LogP contribution in [0.4, 0.5) is 0 Å². The fourth-order valence-corrected chi connectivity index (χ4v) is 0.594. The monoisotopic (exact) mass is 163 g/mol. The second kappa shape index (κ2) is 4.40. The van der Waals surface area contributed by atoms with Crippen LogP contribution < -0.4 is 5.73 Å². The summed E-state index contributed by atoms with van der Waals surface area (Å²) in [5.74, 6) is 0. The summed E-state index contributed by atoms with van der Waals surface area (Å²) in [5, 5.41) is 26.6. The van der Waals surface area contributed by atoms with Gasteiger partial charge in [0, 0.05) is 0 Å². The number of aliphatic hydroxyl groups is 3. The third-order valence-electron chi connectivity index (χ3n) is 1.44. The molecule has 0 aliphatic carbocycles. The van der Waals surface area contributed by atoms with Crippen molar-refractivity contribution in [3.63, 3.8) is 0 Å². The van der Waals surface area contributed by atoms with Crippen LogP contribution in [0, 0.1) is 0 Å². The van der Waals surface area contributed by atoms with Crippen LogP contribution in [0.1, 0.15) is 6.92 Å². The van der Waals surface area contributed by atoms with E-state index in [-0.39, 0.29) is 6.29 Å². The van der Waals surface area contributed by atoms with E-state index in [4.69, 9.17) is 21.1 Å². The molecule has 0 unspecified atom stereocenters. The third-order valence-corrected chi connectivity index (χ3v) is 1.44. The van der Waals surface area contributed by atoms with Gasteiger partial charge in [0.15, 0.2) is 6.29 Å². The maximum Gasteiger partial charge on any atom is 0.151 e. The average Bonchev–Trinajstić information content (AvgIpc) is 2.00. The number of nitrogens with two attached hydrogens (primary N) is 1. The first-order valence-corrected chi connectivity index (χ1v) is 3.25. The predicted molar refractivity (Wildman–Crippen MR) is 37.7 cm³/mol. The van der Waals surface area contributed by atoms with E-state index in [9.17, 15) is 4.79 Å². The van der Waals surface area contributed by atoms with Crippen LogP contribution in [0.3, 0.4) is 0 Å². The normalized spacial score (nSPS) is 21.9. The van der Waals surface area contributed by atoms with Crippen molar-refractivity contribution < 1.29 is 20.1 Å². The summed E-state index contributed by atoms with van der Waals surface area (Å²) >= 11 is 0. The Morgan fingerprint density at radius 2 is 1.82 bits per heavy atom. The van der Waals surface area contributed by atoms with Crippen LogP contribution in [-0.4, -0.2) is 46.0 Å². The molecular weight excluding hydrogens is 150 g/mol. The first kappa shape index (κ1) is 10.5. The van der Waals surface area contributed by atoms with E-state index in [0.29, 0.717) is 0 Å². The van der Waals surface area contributed by atoms with Crippen molar-refractivity contribution in [3.05, 3.63) is 0 Å². The highest BCUT2D eigenvalue weighted by molar-refractivity contribution is 5.56. The van der Waals surface area contributed by atoms with Gasteiger partial charge in [-0.1, -0.05) is 0 Å². The quantitative estimate of drug-likeness (QED) is 0.346. The van der Waals surface area contributed by atoms with E-state index >= 15 is 0 Å². The lowest BCUT2D eigenvalue weighted by atomic mass is 10.0. The van der Waals surface area contributed by atoms with Gasteiger partial charge in [0.2, 0.25) is 0 Å². The van der Waals surface area contributed by atoms with Gasteiger partial charge in [0.1, 0.15) is 12.2 Å². The van der Waals surface area contributed by atoms with Gasteiger partial charge in [-0.05, 0) is 6.92 Å². The molecule has 5 nitrogen and oxygen atoms in total. The van der Waals surface area contributed by atoms with Crippen LogP contribution in [0.5, 0.6) is 0 Å². The highest BCUT2D eigenvalue weighted by Crippen LogP contribution is 1.99. The lowest BCUT2D eigenvalue weighted by Crippen LogP contribution is -2.49. The van der Waals surface area contributed by atoms with Crippen LogP contribution in [0.15, 0.2) is 0 Å². The molecular formula is C6H13NO4. The van der Waals surface area contributed by atoms with Gasteiger partial charge in [-0.2, -0.15) is 0 Å². The summed E-state index contributed by atoms with van der Waals surface area (Å²) in [5.41, 5.74) is 5.22. The van der Waals surface area contributed by atoms with E-state index in [1.54, 1.807) is 0 Å². The molecule has 0 saturated carbocycles. The number of rotatable bonds is 4. The van der Waals surface area contributed by atoms with Crippen LogP contribution in [0.25, 0.3) is 0 Å². The maximum atomic E-state index is 9.93. The third kappa shape index (κ3) is 2.94. The molecule has 0 aliphatic heterocycles.